The molecule has 1 aromatic rings. The Morgan fingerprint density at radius 2 is 2.25 bits per heavy atom. The van der Waals surface area contributed by atoms with E-state index >= 15 is 0 Å². The maximum absolute atomic E-state index is 11.3. The lowest BCUT2D eigenvalue weighted by molar-refractivity contribution is 0.706. The van der Waals surface area contributed by atoms with Crippen LogP contribution in [-0.2, 0) is 0 Å². The summed E-state index contributed by atoms with van der Waals surface area (Å²) in [5.41, 5.74) is 1.12. The highest BCUT2D eigenvalue weighted by Gasteiger charge is 2.23. The van der Waals surface area contributed by atoms with E-state index < -0.39 is 0 Å². The molecule has 0 bridgehead atoms. The van der Waals surface area contributed by atoms with Crippen LogP contribution >= 0.6 is 0 Å². The number of pyridine rings is 1. The van der Waals surface area contributed by atoms with Crippen LogP contribution in [-0.4, -0.2) is 4.57 Å². The Balaban J connectivity index is 2.49. The van der Waals surface area contributed by atoms with E-state index in [-0.39, 0.29) is 5.56 Å². The highest BCUT2D eigenvalue weighted by atomic mass is 16.1. The Bertz CT molecular complexity index is 360. The summed E-state index contributed by atoms with van der Waals surface area (Å²) in [5, 5.41) is 0. The molecule has 2 rings (SSSR count). The highest BCUT2D eigenvalue weighted by Crippen LogP contribution is 2.33. The van der Waals surface area contributed by atoms with Crippen LogP contribution < -0.4 is 5.56 Å². The second-order valence-electron chi connectivity index (χ2n) is 3.14. The first-order valence-corrected chi connectivity index (χ1v) is 4.16. The SMILES string of the molecule is C=Cc1ccc(=O)n(C2CC2)c1. The molecule has 1 saturated carbocycles. The van der Waals surface area contributed by atoms with Gasteiger partial charge in [-0.2, -0.15) is 0 Å². The standard InChI is InChI=1S/C10H11NO/c1-2-8-3-6-10(12)11(7-8)9-4-5-9/h2-3,6-7,9H,1,4-5H2. The summed E-state index contributed by atoms with van der Waals surface area (Å²) < 4.78 is 1.80. The lowest BCUT2D eigenvalue weighted by Crippen LogP contribution is -2.16. The van der Waals surface area contributed by atoms with E-state index in [0.717, 1.165) is 18.4 Å². The fourth-order valence-electron chi connectivity index (χ4n) is 1.28. The van der Waals surface area contributed by atoms with Gasteiger partial charge in [-0.25, -0.2) is 0 Å². The third-order valence-electron chi connectivity index (χ3n) is 2.14. The highest BCUT2D eigenvalue weighted by molar-refractivity contribution is 5.44. The second-order valence-corrected chi connectivity index (χ2v) is 3.14. The quantitative estimate of drug-likeness (QED) is 0.648. The summed E-state index contributed by atoms with van der Waals surface area (Å²) in [6.45, 7) is 3.67. The topological polar surface area (TPSA) is 22.0 Å². The van der Waals surface area contributed by atoms with Crippen molar-refractivity contribution in [1.29, 1.82) is 0 Å². The molecule has 0 N–H and O–H groups in total. The van der Waals surface area contributed by atoms with Crippen LogP contribution in [0.4, 0.5) is 0 Å². The molecule has 12 heavy (non-hydrogen) atoms. The van der Waals surface area contributed by atoms with Crippen molar-refractivity contribution in [2.45, 2.75) is 18.9 Å². The lowest BCUT2D eigenvalue weighted by atomic mass is 10.3. The molecule has 0 unspecified atom stereocenters. The number of hydrogen-bond acceptors (Lipinski definition) is 1. The summed E-state index contributed by atoms with van der Waals surface area (Å²) in [5.74, 6) is 0. The van der Waals surface area contributed by atoms with Gasteiger partial charge in [0.25, 0.3) is 5.56 Å². The smallest absolute Gasteiger partial charge is 0.250 e. The molecule has 2 heteroatoms. The van der Waals surface area contributed by atoms with Crippen LogP contribution in [0.25, 0.3) is 6.08 Å². The average Bonchev–Trinajstić information content (AvgIpc) is 2.88. The fraction of sp³-hybridized carbons (Fsp3) is 0.300. The van der Waals surface area contributed by atoms with Crippen molar-refractivity contribution in [3.8, 4) is 0 Å². The molecule has 0 atom stereocenters. The minimum atomic E-state index is 0.100. The third kappa shape index (κ3) is 1.20. The van der Waals surface area contributed by atoms with Crippen molar-refractivity contribution < 1.29 is 0 Å². The maximum Gasteiger partial charge on any atom is 0.250 e. The Morgan fingerprint density at radius 3 is 2.83 bits per heavy atom. The Hall–Kier alpha value is -1.31. The van der Waals surface area contributed by atoms with Crippen LogP contribution in [0.3, 0.4) is 0 Å². The molecule has 1 fully saturated rings. The van der Waals surface area contributed by atoms with Crippen molar-refractivity contribution in [2.24, 2.45) is 0 Å². The van der Waals surface area contributed by atoms with Gasteiger partial charge in [-0.05, 0) is 24.5 Å². The van der Waals surface area contributed by atoms with E-state index in [4.69, 9.17) is 0 Å². The molecular formula is C10H11NO. The number of aromatic nitrogens is 1. The number of hydrogen-bond donors (Lipinski definition) is 0. The minimum Gasteiger partial charge on any atom is -0.312 e. The van der Waals surface area contributed by atoms with Gasteiger partial charge in [-0.1, -0.05) is 12.7 Å². The maximum atomic E-state index is 11.3. The van der Waals surface area contributed by atoms with E-state index in [1.165, 1.54) is 0 Å². The van der Waals surface area contributed by atoms with Crippen molar-refractivity contribution in [2.75, 3.05) is 0 Å². The summed E-state index contributed by atoms with van der Waals surface area (Å²) in [6.07, 6.45) is 5.92. The summed E-state index contributed by atoms with van der Waals surface area (Å²) in [6, 6.07) is 3.86. The molecule has 0 aromatic carbocycles. The molecular weight excluding hydrogens is 150 g/mol. The van der Waals surface area contributed by atoms with Gasteiger partial charge >= 0.3 is 0 Å². The zero-order valence-electron chi connectivity index (χ0n) is 6.86. The molecule has 0 aliphatic heterocycles. The molecule has 0 saturated heterocycles. The second kappa shape index (κ2) is 2.63. The van der Waals surface area contributed by atoms with Crippen molar-refractivity contribution in [3.05, 3.63) is 40.8 Å². The monoisotopic (exact) mass is 161 g/mol. The lowest BCUT2D eigenvalue weighted by Gasteiger charge is -2.02. The van der Waals surface area contributed by atoms with Crippen LogP contribution in [0.15, 0.2) is 29.7 Å². The fourth-order valence-corrected chi connectivity index (χ4v) is 1.28. The van der Waals surface area contributed by atoms with Crippen LogP contribution in [0.5, 0.6) is 0 Å². The Labute approximate surface area is 71.2 Å². The predicted octanol–water partition coefficient (Wildman–Crippen LogP) is 1.83. The summed E-state index contributed by atoms with van der Waals surface area (Å²) in [7, 11) is 0. The van der Waals surface area contributed by atoms with Crippen molar-refractivity contribution in [3.63, 3.8) is 0 Å². The molecule has 1 aliphatic rings. The number of rotatable bonds is 2. The average molecular weight is 161 g/mol. The van der Waals surface area contributed by atoms with E-state index in [1.54, 1.807) is 22.8 Å². The van der Waals surface area contributed by atoms with Gasteiger partial charge in [0.05, 0.1) is 0 Å². The van der Waals surface area contributed by atoms with Gasteiger partial charge in [0.1, 0.15) is 0 Å². The minimum absolute atomic E-state index is 0.100. The third-order valence-corrected chi connectivity index (χ3v) is 2.14. The predicted molar refractivity (Wildman–Crippen MR) is 49.1 cm³/mol. The van der Waals surface area contributed by atoms with Crippen molar-refractivity contribution >= 4 is 6.08 Å². The van der Waals surface area contributed by atoms with Crippen molar-refractivity contribution in [1.82, 2.24) is 4.57 Å². The molecule has 1 aliphatic carbocycles. The van der Waals surface area contributed by atoms with Crippen LogP contribution in [0, 0.1) is 0 Å². The Kier molecular flexibility index (Phi) is 1.61. The number of nitrogens with zero attached hydrogens (tertiary/aromatic N) is 1. The molecule has 1 aromatic heterocycles. The summed E-state index contributed by atoms with van der Waals surface area (Å²) in [4.78, 5) is 11.3. The molecule has 62 valence electrons. The molecule has 2 nitrogen and oxygen atoms in total. The van der Waals surface area contributed by atoms with Gasteiger partial charge in [-0.15, -0.1) is 0 Å². The normalized spacial score (nSPS) is 16.0. The van der Waals surface area contributed by atoms with Gasteiger partial charge in [0, 0.05) is 18.3 Å². The largest absolute Gasteiger partial charge is 0.312 e. The van der Waals surface area contributed by atoms with Gasteiger partial charge in [0.2, 0.25) is 0 Å². The zero-order valence-corrected chi connectivity index (χ0v) is 6.86. The van der Waals surface area contributed by atoms with Crippen LogP contribution in [0.2, 0.25) is 0 Å². The van der Waals surface area contributed by atoms with E-state index in [0.29, 0.717) is 6.04 Å². The molecule has 1 heterocycles. The molecule has 0 spiro atoms. The first-order valence-electron chi connectivity index (χ1n) is 4.16. The van der Waals surface area contributed by atoms with Gasteiger partial charge < -0.3 is 4.57 Å². The summed E-state index contributed by atoms with van der Waals surface area (Å²) >= 11 is 0. The molecule has 0 radical (unpaired) electrons. The first-order chi connectivity index (χ1) is 5.81. The van der Waals surface area contributed by atoms with Gasteiger partial charge in [-0.3, -0.25) is 4.79 Å². The zero-order chi connectivity index (χ0) is 8.55. The van der Waals surface area contributed by atoms with Gasteiger partial charge in [0.15, 0.2) is 0 Å². The first kappa shape index (κ1) is 7.35. The van der Waals surface area contributed by atoms with Crippen LogP contribution in [0.1, 0.15) is 24.4 Å². The Morgan fingerprint density at radius 1 is 1.50 bits per heavy atom. The van der Waals surface area contributed by atoms with E-state index in [9.17, 15) is 4.79 Å². The van der Waals surface area contributed by atoms with E-state index in [2.05, 4.69) is 6.58 Å². The van der Waals surface area contributed by atoms with E-state index in [1.807, 2.05) is 6.20 Å². The molecule has 0 amide bonds.